The van der Waals surface area contributed by atoms with Gasteiger partial charge in [-0.1, -0.05) is 26.8 Å². The van der Waals surface area contributed by atoms with Gasteiger partial charge in [0.25, 0.3) is 5.91 Å². The summed E-state index contributed by atoms with van der Waals surface area (Å²) < 4.78 is 35.2. The number of hydrogen-bond acceptors (Lipinski definition) is 6. The molecule has 0 bridgehead atoms. The fourth-order valence-electron chi connectivity index (χ4n) is 3.88. The molecule has 3 aromatic rings. The van der Waals surface area contributed by atoms with E-state index in [1.165, 1.54) is 11.4 Å². The van der Waals surface area contributed by atoms with Crippen LogP contribution >= 0.6 is 0 Å². The minimum absolute atomic E-state index is 0.0354. The number of aryl methyl sites for hydroxylation is 2. The number of methoxy groups -OCH3 is 1. The molecule has 9 nitrogen and oxygen atoms in total. The zero-order valence-electron chi connectivity index (χ0n) is 20.8. The fourth-order valence-corrected chi connectivity index (χ4v) is 5.52. The zero-order chi connectivity index (χ0) is 25.2. The second kappa shape index (κ2) is 10.1. The summed E-state index contributed by atoms with van der Waals surface area (Å²) in [7, 11) is -2.39. The first-order valence-corrected chi connectivity index (χ1v) is 12.9. The van der Waals surface area contributed by atoms with Crippen molar-refractivity contribution in [2.24, 2.45) is 0 Å². The zero-order valence-corrected chi connectivity index (χ0v) is 21.7. The molecule has 34 heavy (non-hydrogen) atoms. The lowest BCUT2D eigenvalue weighted by atomic mass is 10.0. The van der Waals surface area contributed by atoms with E-state index in [9.17, 15) is 13.2 Å². The van der Waals surface area contributed by atoms with E-state index in [2.05, 4.69) is 15.4 Å². The maximum Gasteiger partial charge on any atom is 0.272 e. The molecule has 184 valence electrons. The maximum atomic E-state index is 13.4. The molecule has 0 radical (unpaired) electrons. The van der Waals surface area contributed by atoms with Crippen LogP contribution in [0.1, 0.15) is 56.0 Å². The van der Waals surface area contributed by atoms with Gasteiger partial charge in [-0.05, 0) is 51.0 Å². The van der Waals surface area contributed by atoms with Gasteiger partial charge in [0.15, 0.2) is 11.3 Å². The average Bonchev–Trinajstić information content (AvgIpc) is 3.19. The van der Waals surface area contributed by atoms with E-state index in [4.69, 9.17) is 4.74 Å². The summed E-state index contributed by atoms with van der Waals surface area (Å²) in [5.41, 5.74) is 3.26. The molecular formula is C24H33N5O4S. The lowest BCUT2D eigenvalue weighted by molar-refractivity contribution is 0.0934. The molecule has 0 saturated carbocycles. The Morgan fingerprint density at radius 3 is 2.44 bits per heavy atom. The molecule has 1 amide bonds. The summed E-state index contributed by atoms with van der Waals surface area (Å²) in [5.74, 6) is -0.103. The summed E-state index contributed by atoms with van der Waals surface area (Å²) >= 11 is 0. The first-order valence-electron chi connectivity index (χ1n) is 11.4. The van der Waals surface area contributed by atoms with Crippen molar-refractivity contribution in [2.45, 2.75) is 58.9 Å². The highest BCUT2D eigenvalue weighted by Gasteiger charge is 2.29. The lowest BCUT2D eigenvalue weighted by Gasteiger charge is -2.20. The number of benzene rings is 1. The van der Waals surface area contributed by atoms with Gasteiger partial charge in [-0.2, -0.15) is 9.40 Å². The van der Waals surface area contributed by atoms with Crippen LogP contribution in [0, 0.1) is 13.8 Å². The van der Waals surface area contributed by atoms with Crippen molar-refractivity contribution in [2.75, 3.05) is 20.2 Å². The van der Waals surface area contributed by atoms with Crippen molar-refractivity contribution in [1.29, 1.82) is 0 Å². The third kappa shape index (κ3) is 4.65. The highest BCUT2D eigenvalue weighted by atomic mass is 32.2. The molecule has 2 aromatic heterocycles. The molecule has 0 spiro atoms. The minimum atomic E-state index is -3.82. The molecule has 2 heterocycles. The third-order valence-electron chi connectivity index (χ3n) is 5.88. The first kappa shape index (κ1) is 25.6. The van der Waals surface area contributed by atoms with Gasteiger partial charge in [0.05, 0.1) is 12.7 Å². The highest BCUT2D eigenvalue weighted by molar-refractivity contribution is 7.89. The Kier molecular flexibility index (Phi) is 7.62. The van der Waals surface area contributed by atoms with E-state index in [-0.39, 0.29) is 28.3 Å². The largest absolute Gasteiger partial charge is 0.495 e. The molecule has 0 aliphatic heterocycles. The fraction of sp³-hybridized carbons (Fsp3) is 0.458. The molecule has 10 heteroatoms. The number of fused-ring (bicyclic) bond motifs is 1. The molecular weight excluding hydrogens is 454 g/mol. The van der Waals surface area contributed by atoms with Gasteiger partial charge in [-0.25, -0.2) is 17.9 Å². The predicted molar refractivity (Wildman–Crippen MR) is 132 cm³/mol. The number of rotatable bonds is 9. The Labute approximate surface area is 201 Å². The Hall–Kier alpha value is -2.98. The monoisotopic (exact) mass is 487 g/mol. The van der Waals surface area contributed by atoms with E-state index >= 15 is 0 Å². The van der Waals surface area contributed by atoms with E-state index < -0.39 is 10.0 Å². The second-order valence-corrected chi connectivity index (χ2v) is 10.1. The van der Waals surface area contributed by atoms with Crippen LogP contribution < -0.4 is 10.1 Å². The van der Waals surface area contributed by atoms with E-state index in [0.29, 0.717) is 29.9 Å². The number of nitrogens with zero attached hydrogens (tertiary/aromatic N) is 4. The van der Waals surface area contributed by atoms with Crippen molar-refractivity contribution in [1.82, 2.24) is 24.2 Å². The Balaban J connectivity index is 2.33. The van der Waals surface area contributed by atoms with Crippen LogP contribution in [-0.4, -0.2) is 59.5 Å². The van der Waals surface area contributed by atoms with Crippen LogP contribution in [-0.2, 0) is 10.0 Å². The van der Waals surface area contributed by atoms with Crippen molar-refractivity contribution >= 4 is 21.6 Å². The molecule has 0 aliphatic rings. The number of aromatic nitrogens is 3. The standard InChI is InChI=1S/C24H33N5O4S/c1-8-15(4)26-24(30)22-21(23-25-16(5)13-17(6)29(23)27-22)18-11-12-19(33-7)20(14-18)34(31,32)28(9-2)10-3/h11-15H,8-10H2,1-7H3,(H,26,30)/t15-/m0/s1. The summed E-state index contributed by atoms with van der Waals surface area (Å²) in [6.07, 6.45) is 0.764. The van der Waals surface area contributed by atoms with Crippen LogP contribution in [0.2, 0.25) is 0 Å². The van der Waals surface area contributed by atoms with Crippen molar-refractivity contribution in [3.05, 3.63) is 41.3 Å². The van der Waals surface area contributed by atoms with Crippen LogP contribution in [0.25, 0.3) is 16.8 Å². The average molecular weight is 488 g/mol. The van der Waals surface area contributed by atoms with Gasteiger partial charge in [-0.3, -0.25) is 4.79 Å². The SMILES string of the molecule is CC[C@H](C)NC(=O)c1nn2c(C)cc(C)nc2c1-c1ccc(OC)c(S(=O)(=O)N(CC)CC)c1. The van der Waals surface area contributed by atoms with Gasteiger partial charge in [0, 0.05) is 30.5 Å². The van der Waals surface area contributed by atoms with Crippen molar-refractivity contribution < 1.29 is 17.9 Å². The van der Waals surface area contributed by atoms with Gasteiger partial charge >= 0.3 is 0 Å². The Bertz CT molecular complexity index is 1310. The van der Waals surface area contributed by atoms with Crippen LogP contribution in [0.5, 0.6) is 5.75 Å². The van der Waals surface area contributed by atoms with Crippen LogP contribution in [0.3, 0.4) is 0 Å². The van der Waals surface area contributed by atoms with Gasteiger partial charge < -0.3 is 10.1 Å². The molecule has 0 unspecified atom stereocenters. The molecule has 1 aromatic carbocycles. The summed E-state index contributed by atoms with van der Waals surface area (Å²) in [4.78, 5) is 17.9. The second-order valence-electron chi connectivity index (χ2n) is 8.24. The van der Waals surface area contributed by atoms with E-state index in [0.717, 1.165) is 17.8 Å². The van der Waals surface area contributed by atoms with Gasteiger partial charge in [0.1, 0.15) is 10.6 Å². The van der Waals surface area contributed by atoms with Crippen LogP contribution in [0.15, 0.2) is 29.2 Å². The topological polar surface area (TPSA) is 106 Å². The van der Waals surface area contributed by atoms with E-state index in [1.54, 1.807) is 36.6 Å². The lowest BCUT2D eigenvalue weighted by Crippen LogP contribution is -2.32. The molecule has 1 N–H and O–H groups in total. The Morgan fingerprint density at radius 1 is 1.18 bits per heavy atom. The molecule has 3 rings (SSSR count). The number of ether oxygens (including phenoxy) is 1. The molecule has 0 aliphatic carbocycles. The van der Waals surface area contributed by atoms with Crippen LogP contribution in [0.4, 0.5) is 0 Å². The number of nitrogens with one attached hydrogen (secondary N) is 1. The minimum Gasteiger partial charge on any atom is -0.495 e. The first-order chi connectivity index (χ1) is 16.1. The number of sulfonamides is 1. The molecule has 0 fully saturated rings. The quantitative estimate of drug-likeness (QED) is 0.495. The van der Waals surface area contributed by atoms with E-state index in [1.807, 2.05) is 33.8 Å². The van der Waals surface area contributed by atoms with Crippen molar-refractivity contribution in [3.8, 4) is 16.9 Å². The number of hydrogen-bond donors (Lipinski definition) is 1. The predicted octanol–water partition coefficient (Wildman–Crippen LogP) is 3.58. The smallest absolute Gasteiger partial charge is 0.272 e. The number of amides is 1. The van der Waals surface area contributed by atoms with Gasteiger partial charge in [0.2, 0.25) is 10.0 Å². The molecule has 1 atom stereocenters. The van der Waals surface area contributed by atoms with Crippen molar-refractivity contribution in [3.63, 3.8) is 0 Å². The maximum absolute atomic E-state index is 13.4. The summed E-state index contributed by atoms with van der Waals surface area (Å²) in [6, 6.07) is 6.72. The summed E-state index contributed by atoms with van der Waals surface area (Å²) in [6.45, 7) is 11.9. The number of carbonyl (C=O) groups excluding carboxylic acids is 1. The Morgan fingerprint density at radius 2 is 1.85 bits per heavy atom. The highest BCUT2D eigenvalue weighted by Crippen LogP contribution is 2.35. The number of carbonyl (C=O) groups is 1. The summed E-state index contributed by atoms with van der Waals surface area (Å²) in [5, 5.41) is 7.53. The van der Waals surface area contributed by atoms with Gasteiger partial charge in [-0.15, -0.1) is 0 Å². The molecule has 0 saturated heterocycles. The normalized spacial score (nSPS) is 12.8. The third-order valence-corrected chi connectivity index (χ3v) is 7.95.